The Morgan fingerprint density at radius 2 is 1.95 bits per heavy atom. The maximum absolute atomic E-state index is 5.84. The van der Waals surface area contributed by atoms with Crippen molar-refractivity contribution < 1.29 is 9.15 Å². The highest BCUT2D eigenvalue weighted by atomic mass is 79.9. The van der Waals surface area contributed by atoms with E-state index in [2.05, 4.69) is 28.9 Å². The minimum Gasteiger partial charge on any atom is -0.488 e. The lowest BCUT2D eigenvalue weighted by Crippen LogP contribution is -1.95. The zero-order valence-electron chi connectivity index (χ0n) is 10.5. The molecule has 3 heteroatoms. The van der Waals surface area contributed by atoms with Crippen molar-refractivity contribution in [1.29, 1.82) is 0 Å². The van der Waals surface area contributed by atoms with Crippen LogP contribution in [0.25, 0.3) is 11.0 Å². The van der Waals surface area contributed by atoms with E-state index in [1.165, 1.54) is 5.56 Å². The number of para-hydroxylation sites is 1. The summed E-state index contributed by atoms with van der Waals surface area (Å²) >= 11 is 3.48. The first-order valence-electron chi connectivity index (χ1n) is 6.09. The summed E-state index contributed by atoms with van der Waals surface area (Å²) in [6.45, 7) is 2.58. The first kappa shape index (κ1) is 12.3. The summed E-state index contributed by atoms with van der Waals surface area (Å²) in [5, 5.41) is 1.15. The van der Waals surface area contributed by atoms with Gasteiger partial charge < -0.3 is 9.15 Å². The Bertz CT molecular complexity index is 716. The van der Waals surface area contributed by atoms with E-state index in [0.717, 1.165) is 26.8 Å². The van der Waals surface area contributed by atoms with Crippen LogP contribution in [0.2, 0.25) is 0 Å². The van der Waals surface area contributed by atoms with Crippen molar-refractivity contribution in [1.82, 2.24) is 0 Å². The number of ether oxygens (including phenoxy) is 1. The Balaban J connectivity index is 1.89. The quantitative estimate of drug-likeness (QED) is 0.672. The molecule has 96 valence electrons. The monoisotopic (exact) mass is 316 g/mol. The number of fused-ring (bicyclic) bond motifs is 1. The first-order chi connectivity index (χ1) is 9.25. The molecule has 19 heavy (non-hydrogen) atoms. The second kappa shape index (κ2) is 5.10. The van der Waals surface area contributed by atoms with Gasteiger partial charge in [-0.15, -0.1) is 0 Å². The lowest BCUT2D eigenvalue weighted by molar-refractivity contribution is 0.304. The summed E-state index contributed by atoms with van der Waals surface area (Å²) in [7, 11) is 0. The molecule has 0 unspecified atom stereocenters. The van der Waals surface area contributed by atoms with Crippen LogP contribution in [-0.4, -0.2) is 0 Å². The SMILES string of the molecule is Cc1cccc2occ(COc3ccccc3Br)c12. The number of aryl methyl sites for hydroxylation is 1. The molecular formula is C16H13BrO2. The molecule has 1 aromatic heterocycles. The first-order valence-corrected chi connectivity index (χ1v) is 6.88. The predicted octanol–water partition coefficient (Wildman–Crippen LogP) is 5.08. The molecule has 0 fully saturated rings. The third-order valence-electron chi connectivity index (χ3n) is 3.10. The zero-order valence-corrected chi connectivity index (χ0v) is 12.1. The second-order valence-corrected chi connectivity index (χ2v) is 5.28. The van der Waals surface area contributed by atoms with Crippen molar-refractivity contribution in [2.45, 2.75) is 13.5 Å². The lowest BCUT2D eigenvalue weighted by Gasteiger charge is -2.07. The molecule has 1 heterocycles. The summed E-state index contributed by atoms with van der Waals surface area (Å²) in [5.41, 5.74) is 3.19. The molecule has 0 saturated heterocycles. The molecule has 0 saturated carbocycles. The molecule has 0 bridgehead atoms. The summed E-state index contributed by atoms with van der Waals surface area (Å²) < 4.78 is 12.4. The standard InChI is InChI=1S/C16H13BrO2/c1-11-5-4-8-15-16(11)12(10-19-15)9-18-14-7-3-2-6-13(14)17/h2-8,10H,9H2,1H3. The predicted molar refractivity (Wildman–Crippen MR) is 79.4 cm³/mol. The van der Waals surface area contributed by atoms with E-state index in [1.807, 2.05) is 36.4 Å². The van der Waals surface area contributed by atoms with Gasteiger partial charge in [-0.25, -0.2) is 0 Å². The fourth-order valence-corrected chi connectivity index (χ4v) is 2.57. The highest BCUT2D eigenvalue weighted by molar-refractivity contribution is 9.10. The van der Waals surface area contributed by atoms with Crippen LogP contribution in [0.5, 0.6) is 5.75 Å². The molecule has 0 atom stereocenters. The smallest absolute Gasteiger partial charge is 0.134 e. The van der Waals surface area contributed by atoms with Crippen LogP contribution in [0.15, 0.2) is 57.6 Å². The summed E-state index contributed by atoms with van der Waals surface area (Å²) in [6.07, 6.45) is 1.77. The Morgan fingerprint density at radius 1 is 1.11 bits per heavy atom. The number of furan rings is 1. The molecule has 0 aliphatic heterocycles. The van der Waals surface area contributed by atoms with Crippen molar-refractivity contribution in [2.24, 2.45) is 0 Å². The van der Waals surface area contributed by atoms with Gasteiger partial charge in [0.1, 0.15) is 17.9 Å². The molecule has 3 aromatic rings. The number of halogens is 1. The maximum Gasteiger partial charge on any atom is 0.134 e. The molecule has 0 aliphatic carbocycles. The average Bonchev–Trinajstić information content (AvgIpc) is 2.83. The Labute approximate surface area is 120 Å². The van der Waals surface area contributed by atoms with Crippen molar-refractivity contribution in [2.75, 3.05) is 0 Å². The van der Waals surface area contributed by atoms with Gasteiger partial charge in [-0.3, -0.25) is 0 Å². The normalized spacial score (nSPS) is 10.8. The van der Waals surface area contributed by atoms with Gasteiger partial charge in [-0.1, -0.05) is 24.3 Å². The summed E-state index contributed by atoms with van der Waals surface area (Å²) in [6, 6.07) is 13.9. The van der Waals surface area contributed by atoms with Crippen molar-refractivity contribution in [3.05, 3.63) is 64.3 Å². The fraction of sp³-hybridized carbons (Fsp3) is 0.125. The van der Waals surface area contributed by atoms with Gasteiger partial charge in [-0.05, 0) is 46.6 Å². The molecule has 0 aliphatic rings. The van der Waals surface area contributed by atoms with Crippen LogP contribution in [0.3, 0.4) is 0 Å². The van der Waals surface area contributed by atoms with E-state index in [1.54, 1.807) is 6.26 Å². The summed E-state index contributed by atoms with van der Waals surface area (Å²) in [5.74, 6) is 0.838. The van der Waals surface area contributed by atoms with Crippen LogP contribution in [-0.2, 0) is 6.61 Å². The van der Waals surface area contributed by atoms with Gasteiger partial charge in [0.05, 0.1) is 10.7 Å². The Hall–Kier alpha value is -1.74. The molecule has 0 N–H and O–H groups in total. The van der Waals surface area contributed by atoms with Gasteiger partial charge in [-0.2, -0.15) is 0 Å². The Kier molecular flexibility index (Phi) is 3.30. The third-order valence-corrected chi connectivity index (χ3v) is 3.76. The van der Waals surface area contributed by atoms with E-state index in [9.17, 15) is 0 Å². The molecule has 0 amide bonds. The topological polar surface area (TPSA) is 22.4 Å². The van der Waals surface area contributed by atoms with Crippen molar-refractivity contribution in [3.8, 4) is 5.75 Å². The average molecular weight is 317 g/mol. The number of rotatable bonds is 3. The fourth-order valence-electron chi connectivity index (χ4n) is 2.17. The third kappa shape index (κ3) is 2.38. The van der Waals surface area contributed by atoms with Crippen molar-refractivity contribution in [3.63, 3.8) is 0 Å². The van der Waals surface area contributed by atoms with Crippen LogP contribution >= 0.6 is 15.9 Å². The van der Waals surface area contributed by atoms with Gasteiger partial charge >= 0.3 is 0 Å². The molecule has 2 nitrogen and oxygen atoms in total. The van der Waals surface area contributed by atoms with Crippen LogP contribution in [0, 0.1) is 6.92 Å². The van der Waals surface area contributed by atoms with Gasteiger partial charge in [0.25, 0.3) is 0 Å². The van der Waals surface area contributed by atoms with Crippen LogP contribution < -0.4 is 4.74 Å². The van der Waals surface area contributed by atoms with E-state index >= 15 is 0 Å². The van der Waals surface area contributed by atoms with Crippen LogP contribution in [0.4, 0.5) is 0 Å². The Morgan fingerprint density at radius 3 is 2.79 bits per heavy atom. The molecular weight excluding hydrogens is 304 g/mol. The van der Waals surface area contributed by atoms with Gasteiger partial charge in [0.15, 0.2) is 0 Å². The largest absolute Gasteiger partial charge is 0.488 e. The lowest BCUT2D eigenvalue weighted by atomic mass is 10.1. The number of hydrogen-bond acceptors (Lipinski definition) is 2. The number of hydrogen-bond donors (Lipinski definition) is 0. The number of benzene rings is 2. The maximum atomic E-state index is 5.84. The van der Waals surface area contributed by atoms with Crippen LogP contribution in [0.1, 0.15) is 11.1 Å². The summed E-state index contributed by atoms with van der Waals surface area (Å²) in [4.78, 5) is 0. The molecule has 0 spiro atoms. The van der Waals surface area contributed by atoms with Gasteiger partial charge in [0.2, 0.25) is 0 Å². The van der Waals surface area contributed by atoms with E-state index in [0.29, 0.717) is 6.61 Å². The minimum atomic E-state index is 0.500. The minimum absolute atomic E-state index is 0.500. The highest BCUT2D eigenvalue weighted by Gasteiger charge is 2.09. The van der Waals surface area contributed by atoms with Gasteiger partial charge in [0, 0.05) is 10.9 Å². The molecule has 3 rings (SSSR count). The molecule has 2 aromatic carbocycles. The second-order valence-electron chi connectivity index (χ2n) is 4.43. The van der Waals surface area contributed by atoms with Crippen molar-refractivity contribution >= 4 is 26.9 Å². The van der Waals surface area contributed by atoms with E-state index < -0.39 is 0 Å². The highest BCUT2D eigenvalue weighted by Crippen LogP contribution is 2.28. The molecule has 0 radical (unpaired) electrons. The van der Waals surface area contributed by atoms with E-state index in [-0.39, 0.29) is 0 Å². The van der Waals surface area contributed by atoms with E-state index in [4.69, 9.17) is 9.15 Å². The zero-order chi connectivity index (χ0) is 13.2.